The molecule has 0 amide bonds. The first-order chi connectivity index (χ1) is 6.73. The molecule has 1 rings (SSSR count). The van der Waals surface area contributed by atoms with Crippen LogP contribution in [0.4, 0.5) is 13.2 Å². The highest BCUT2D eigenvalue weighted by Crippen LogP contribution is 2.13. The summed E-state index contributed by atoms with van der Waals surface area (Å²) < 4.78 is 31.7. The Morgan fingerprint density at radius 2 is 2.00 bits per heavy atom. The first-order valence-electron chi connectivity index (χ1n) is 4.28. The van der Waals surface area contributed by atoms with Crippen LogP contribution in [0.15, 0.2) is 0 Å². The van der Waals surface area contributed by atoms with E-state index in [0.717, 1.165) is 19.4 Å². The van der Waals surface area contributed by atoms with Gasteiger partial charge in [0.25, 0.3) is 0 Å². The molecule has 7 heteroatoms. The van der Waals surface area contributed by atoms with Crippen molar-refractivity contribution in [2.24, 2.45) is 0 Å². The fraction of sp³-hybridized carbons (Fsp3) is 0.750. The zero-order valence-corrected chi connectivity index (χ0v) is 8.10. The third-order valence-electron chi connectivity index (χ3n) is 1.67. The molecule has 0 aromatic carbocycles. The largest absolute Gasteiger partial charge is 0.490 e. The van der Waals surface area contributed by atoms with E-state index in [4.69, 9.17) is 9.90 Å². The van der Waals surface area contributed by atoms with Gasteiger partial charge in [0.1, 0.15) is 5.78 Å². The molecule has 0 spiro atoms. The van der Waals surface area contributed by atoms with E-state index in [2.05, 4.69) is 5.32 Å². The van der Waals surface area contributed by atoms with E-state index >= 15 is 0 Å². The lowest BCUT2D eigenvalue weighted by molar-refractivity contribution is -0.192. The molecule has 4 nitrogen and oxygen atoms in total. The molecule has 1 saturated heterocycles. The SMILES string of the molecule is C[C@H]1CC(=O)CCN1.O=C(O)C(F)(F)F. The molecule has 0 saturated carbocycles. The van der Waals surface area contributed by atoms with Crippen LogP contribution in [0, 0.1) is 0 Å². The first-order valence-corrected chi connectivity index (χ1v) is 4.28. The Morgan fingerprint density at radius 1 is 1.53 bits per heavy atom. The van der Waals surface area contributed by atoms with Crippen LogP contribution in [0.3, 0.4) is 0 Å². The summed E-state index contributed by atoms with van der Waals surface area (Å²) in [6.07, 6.45) is -3.63. The van der Waals surface area contributed by atoms with Crippen LogP contribution in [0.25, 0.3) is 0 Å². The Morgan fingerprint density at radius 3 is 2.20 bits per heavy atom. The summed E-state index contributed by atoms with van der Waals surface area (Å²) in [7, 11) is 0. The minimum Gasteiger partial charge on any atom is -0.475 e. The lowest BCUT2D eigenvalue weighted by Crippen LogP contribution is -2.35. The second kappa shape index (κ2) is 5.69. The molecule has 15 heavy (non-hydrogen) atoms. The molecule has 0 aromatic heterocycles. The van der Waals surface area contributed by atoms with E-state index in [1.807, 2.05) is 6.92 Å². The van der Waals surface area contributed by atoms with Gasteiger partial charge in [-0.15, -0.1) is 0 Å². The topological polar surface area (TPSA) is 66.4 Å². The summed E-state index contributed by atoms with van der Waals surface area (Å²) in [6.45, 7) is 2.91. The second-order valence-electron chi connectivity index (χ2n) is 3.15. The predicted octanol–water partition coefficient (Wildman–Crippen LogP) is 0.961. The zero-order chi connectivity index (χ0) is 12.1. The number of carboxylic acids is 1. The number of carboxylic acid groups (broad SMARTS) is 1. The van der Waals surface area contributed by atoms with Crippen molar-refractivity contribution in [3.63, 3.8) is 0 Å². The molecule has 88 valence electrons. The monoisotopic (exact) mass is 227 g/mol. The van der Waals surface area contributed by atoms with Crippen molar-refractivity contribution in [1.29, 1.82) is 0 Å². The zero-order valence-electron chi connectivity index (χ0n) is 8.10. The van der Waals surface area contributed by atoms with Gasteiger partial charge in [0, 0.05) is 25.4 Å². The Kier molecular flexibility index (Phi) is 5.27. The molecule has 1 atom stereocenters. The molecule has 2 N–H and O–H groups in total. The predicted molar refractivity (Wildman–Crippen MR) is 45.4 cm³/mol. The van der Waals surface area contributed by atoms with Crippen LogP contribution < -0.4 is 5.32 Å². The van der Waals surface area contributed by atoms with Crippen LogP contribution >= 0.6 is 0 Å². The van der Waals surface area contributed by atoms with Gasteiger partial charge >= 0.3 is 12.1 Å². The minimum atomic E-state index is -5.08. The van der Waals surface area contributed by atoms with Crippen LogP contribution in [-0.2, 0) is 9.59 Å². The summed E-state index contributed by atoms with van der Waals surface area (Å²) in [5, 5.41) is 10.3. The van der Waals surface area contributed by atoms with E-state index in [1.165, 1.54) is 0 Å². The lowest BCUT2D eigenvalue weighted by atomic mass is 10.1. The number of ketones is 1. The molecule has 0 bridgehead atoms. The highest BCUT2D eigenvalue weighted by molar-refractivity contribution is 5.79. The standard InChI is InChI=1S/C6H11NO.C2HF3O2/c1-5-4-6(8)2-3-7-5;3-2(4,5)1(6)7/h5,7H,2-4H2,1H3;(H,6,7)/t5-;/m0./s1. The Balaban J connectivity index is 0.000000265. The molecule has 1 aliphatic rings. The number of aliphatic carboxylic acids is 1. The van der Waals surface area contributed by atoms with Crippen LogP contribution in [0.2, 0.25) is 0 Å². The summed E-state index contributed by atoms with van der Waals surface area (Å²) in [5.74, 6) is -2.36. The van der Waals surface area contributed by atoms with Crippen LogP contribution in [0.5, 0.6) is 0 Å². The number of hydrogen-bond donors (Lipinski definition) is 2. The molecule has 0 unspecified atom stereocenters. The summed E-state index contributed by atoms with van der Waals surface area (Å²) in [4.78, 5) is 19.5. The molecule has 1 fully saturated rings. The Hall–Kier alpha value is -1.11. The number of halogens is 3. The number of piperidine rings is 1. The molecular formula is C8H12F3NO3. The molecule has 0 aromatic rings. The van der Waals surface area contributed by atoms with Crippen LogP contribution in [0.1, 0.15) is 19.8 Å². The minimum absolute atomic E-state index is 0.399. The van der Waals surface area contributed by atoms with Gasteiger partial charge in [-0.1, -0.05) is 0 Å². The average molecular weight is 227 g/mol. The summed E-state index contributed by atoms with van der Waals surface area (Å²) in [5.41, 5.74) is 0. The van der Waals surface area contributed by atoms with Gasteiger partial charge in [-0.3, -0.25) is 4.79 Å². The van der Waals surface area contributed by atoms with E-state index in [1.54, 1.807) is 0 Å². The highest BCUT2D eigenvalue weighted by atomic mass is 19.4. The molecule has 0 radical (unpaired) electrons. The van der Waals surface area contributed by atoms with Gasteiger partial charge in [0.15, 0.2) is 0 Å². The number of hydrogen-bond acceptors (Lipinski definition) is 3. The number of alkyl halides is 3. The van der Waals surface area contributed by atoms with Gasteiger partial charge in [-0.2, -0.15) is 13.2 Å². The van der Waals surface area contributed by atoms with Crippen molar-refractivity contribution in [3.05, 3.63) is 0 Å². The fourth-order valence-electron chi connectivity index (χ4n) is 0.974. The number of carbonyl (C=O) groups excluding carboxylic acids is 1. The van der Waals surface area contributed by atoms with E-state index in [-0.39, 0.29) is 0 Å². The van der Waals surface area contributed by atoms with Gasteiger partial charge in [-0.25, -0.2) is 4.79 Å². The van der Waals surface area contributed by atoms with Gasteiger partial charge in [0.2, 0.25) is 0 Å². The van der Waals surface area contributed by atoms with Crippen molar-refractivity contribution >= 4 is 11.8 Å². The van der Waals surface area contributed by atoms with E-state index < -0.39 is 12.1 Å². The van der Waals surface area contributed by atoms with Crippen molar-refractivity contribution in [2.75, 3.05) is 6.54 Å². The number of nitrogens with one attached hydrogen (secondary N) is 1. The Labute approximate surface area is 84.5 Å². The van der Waals surface area contributed by atoms with Gasteiger partial charge in [-0.05, 0) is 6.92 Å². The van der Waals surface area contributed by atoms with Crippen LogP contribution in [-0.4, -0.2) is 35.6 Å². The first kappa shape index (κ1) is 13.9. The third-order valence-corrected chi connectivity index (χ3v) is 1.67. The Bertz CT molecular complexity index is 240. The van der Waals surface area contributed by atoms with E-state index in [0.29, 0.717) is 11.8 Å². The normalized spacial score (nSPS) is 21.6. The van der Waals surface area contributed by atoms with Crippen molar-refractivity contribution < 1.29 is 27.9 Å². The second-order valence-corrected chi connectivity index (χ2v) is 3.15. The quantitative estimate of drug-likeness (QED) is 0.646. The maximum atomic E-state index is 10.6. The summed E-state index contributed by atoms with van der Waals surface area (Å²) >= 11 is 0. The smallest absolute Gasteiger partial charge is 0.475 e. The fourth-order valence-corrected chi connectivity index (χ4v) is 0.974. The van der Waals surface area contributed by atoms with Crippen molar-refractivity contribution in [3.8, 4) is 0 Å². The third kappa shape index (κ3) is 6.89. The molecule has 1 aliphatic heterocycles. The van der Waals surface area contributed by atoms with Crippen molar-refractivity contribution in [2.45, 2.75) is 32.0 Å². The molecule has 0 aliphatic carbocycles. The average Bonchev–Trinajstić information content (AvgIpc) is 2.02. The number of rotatable bonds is 0. The maximum Gasteiger partial charge on any atom is 0.490 e. The number of carbonyl (C=O) groups is 2. The lowest BCUT2D eigenvalue weighted by Gasteiger charge is -2.17. The number of Topliss-reactive ketones (excluding diaryl/α,β-unsaturated/α-hetero) is 1. The van der Waals surface area contributed by atoms with Gasteiger partial charge in [0.05, 0.1) is 0 Å². The summed E-state index contributed by atoms with van der Waals surface area (Å²) in [6, 6.07) is 0.413. The van der Waals surface area contributed by atoms with Crippen molar-refractivity contribution in [1.82, 2.24) is 5.32 Å². The van der Waals surface area contributed by atoms with E-state index in [9.17, 15) is 18.0 Å². The highest BCUT2D eigenvalue weighted by Gasteiger charge is 2.38. The van der Waals surface area contributed by atoms with Gasteiger partial charge < -0.3 is 10.4 Å². The maximum absolute atomic E-state index is 10.6. The molecule has 1 heterocycles. The molecular weight excluding hydrogens is 215 g/mol.